The number of piperazine rings is 1. The molecule has 0 radical (unpaired) electrons. The van der Waals surface area contributed by atoms with E-state index in [1.54, 1.807) is 0 Å². The van der Waals surface area contributed by atoms with E-state index in [0.717, 1.165) is 37.4 Å². The number of benzene rings is 2. The number of aromatic nitrogens is 1. The van der Waals surface area contributed by atoms with Gasteiger partial charge in [-0.05, 0) is 30.3 Å². The quantitative estimate of drug-likeness (QED) is 0.759. The molecule has 0 saturated carbocycles. The van der Waals surface area contributed by atoms with Crippen LogP contribution >= 0.6 is 0 Å². The van der Waals surface area contributed by atoms with Crippen LogP contribution in [0.3, 0.4) is 0 Å². The van der Waals surface area contributed by atoms with Crippen LogP contribution < -0.4 is 10.2 Å². The van der Waals surface area contributed by atoms with Gasteiger partial charge in [0.05, 0.1) is 0 Å². The highest BCUT2D eigenvalue weighted by molar-refractivity contribution is 5.93. The summed E-state index contributed by atoms with van der Waals surface area (Å²) in [6, 6.07) is 18.0. The first-order valence-corrected chi connectivity index (χ1v) is 8.23. The normalized spacial score (nSPS) is 14.8. The summed E-state index contributed by atoms with van der Waals surface area (Å²) < 4.78 is 0. The lowest BCUT2D eigenvalue weighted by molar-refractivity contribution is 0.208. The molecule has 2 heterocycles. The monoisotopic (exact) mass is 320 g/mol. The second kappa shape index (κ2) is 6.28. The van der Waals surface area contributed by atoms with Gasteiger partial charge in [0.25, 0.3) is 0 Å². The summed E-state index contributed by atoms with van der Waals surface area (Å²) in [5, 5.41) is 4.19. The van der Waals surface area contributed by atoms with Crippen LogP contribution in [0.5, 0.6) is 0 Å². The van der Waals surface area contributed by atoms with E-state index in [0.29, 0.717) is 0 Å². The number of para-hydroxylation sites is 1. The van der Waals surface area contributed by atoms with E-state index in [-0.39, 0.29) is 6.03 Å². The fraction of sp³-hybridized carbons (Fsp3) is 0.211. The molecule has 4 rings (SSSR count). The van der Waals surface area contributed by atoms with Crippen molar-refractivity contribution in [2.45, 2.75) is 0 Å². The first-order chi connectivity index (χ1) is 11.8. The molecule has 24 heavy (non-hydrogen) atoms. The number of amides is 2. The van der Waals surface area contributed by atoms with Crippen molar-refractivity contribution in [2.24, 2.45) is 0 Å². The summed E-state index contributed by atoms with van der Waals surface area (Å²) >= 11 is 0. The van der Waals surface area contributed by atoms with Gasteiger partial charge in [-0.2, -0.15) is 0 Å². The number of carbonyl (C=O) groups excluding carboxylic acids is 1. The number of fused-ring (bicyclic) bond motifs is 1. The second-order valence-electron chi connectivity index (χ2n) is 5.99. The molecule has 1 aliphatic rings. The molecule has 0 spiro atoms. The maximum atomic E-state index is 12.4. The molecule has 0 unspecified atom stereocenters. The average molecular weight is 320 g/mol. The number of aromatic amines is 1. The van der Waals surface area contributed by atoms with Gasteiger partial charge in [0.1, 0.15) is 0 Å². The predicted octanol–water partition coefficient (Wildman–Crippen LogP) is 3.52. The standard InChI is InChI=1S/C19H20N4O/c24-19(21-15-5-2-1-3-6-15)23-13-11-22(12-14-23)18-8-4-7-17-16(18)9-10-20-17/h1-10,20H,11-14H2,(H,21,24). The van der Waals surface area contributed by atoms with E-state index >= 15 is 0 Å². The Morgan fingerprint density at radius 1 is 0.917 bits per heavy atom. The molecule has 1 fully saturated rings. The fourth-order valence-electron chi connectivity index (χ4n) is 3.22. The van der Waals surface area contributed by atoms with Crippen molar-refractivity contribution in [3.8, 4) is 0 Å². The zero-order chi connectivity index (χ0) is 16.4. The largest absolute Gasteiger partial charge is 0.367 e. The molecule has 0 atom stereocenters. The Hall–Kier alpha value is -2.95. The molecular weight excluding hydrogens is 300 g/mol. The predicted molar refractivity (Wildman–Crippen MR) is 97.5 cm³/mol. The highest BCUT2D eigenvalue weighted by atomic mass is 16.2. The van der Waals surface area contributed by atoms with Crippen molar-refractivity contribution in [1.82, 2.24) is 9.88 Å². The second-order valence-corrected chi connectivity index (χ2v) is 5.99. The average Bonchev–Trinajstić information content (AvgIpc) is 3.11. The molecule has 1 aliphatic heterocycles. The SMILES string of the molecule is O=C(Nc1ccccc1)N1CCN(c2cccc3[nH]ccc23)CC1. The topological polar surface area (TPSA) is 51.4 Å². The zero-order valence-electron chi connectivity index (χ0n) is 13.4. The van der Waals surface area contributed by atoms with Crippen LogP contribution in [-0.2, 0) is 0 Å². The Morgan fingerprint density at radius 2 is 1.71 bits per heavy atom. The van der Waals surface area contributed by atoms with Gasteiger partial charge in [-0.25, -0.2) is 4.79 Å². The number of hydrogen-bond acceptors (Lipinski definition) is 2. The van der Waals surface area contributed by atoms with E-state index in [4.69, 9.17) is 0 Å². The van der Waals surface area contributed by atoms with Gasteiger partial charge in [0, 0.05) is 54.7 Å². The first-order valence-electron chi connectivity index (χ1n) is 8.23. The van der Waals surface area contributed by atoms with Crippen LogP contribution in [0.2, 0.25) is 0 Å². The van der Waals surface area contributed by atoms with Crippen LogP contribution in [0.25, 0.3) is 10.9 Å². The summed E-state index contributed by atoms with van der Waals surface area (Å²) in [6.45, 7) is 3.12. The number of hydrogen-bond donors (Lipinski definition) is 2. The molecule has 122 valence electrons. The Morgan fingerprint density at radius 3 is 2.50 bits per heavy atom. The molecule has 0 bridgehead atoms. The van der Waals surface area contributed by atoms with Crippen molar-refractivity contribution < 1.29 is 4.79 Å². The molecular formula is C19H20N4O. The van der Waals surface area contributed by atoms with Crippen LogP contribution in [0.1, 0.15) is 0 Å². The van der Waals surface area contributed by atoms with Crippen molar-refractivity contribution in [2.75, 3.05) is 36.4 Å². The van der Waals surface area contributed by atoms with Crippen LogP contribution in [-0.4, -0.2) is 42.1 Å². The third-order valence-electron chi connectivity index (χ3n) is 4.50. The zero-order valence-corrected chi connectivity index (χ0v) is 13.4. The Labute approximate surface area is 140 Å². The van der Waals surface area contributed by atoms with Crippen molar-refractivity contribution >= 4 is 28.3 Å². The van der Waals surface area contributed by atoms with Gasteiger partial charge in [-0.15, -0.1) is 0 Å². The van der Waals surface area contributed by atoms with Crippen molar-refractivity contribution in [3.63, 3.8) is 0 Å². The van der Waals surface area contributed by atoms with E-state index in [1.807, 2.05) is 41.4 Å². The Kier molecular flexibility index (Phi) is 3.83. The molecule has 0 aliphatic carbocycles. The van der Waals surface area contributed by atoms with Gasteiger partial charge < -0.3 is 20.1 Å². The fourth-order valence-corrected chi connectivity index (χ4v) is 3.22. The van der Waals surface area contributed by atoms with Gasteiger partial charge in [-0.3, -0.25) is 0 Å². The minimum Gasteiger partial charge on any atom is -0.367 e. The van der Waals surface area contributed by atoms with E-state index in [9.17, 15) is 4.79 Å². The summed E-state index contributed by atoms with van der Waals surface area (Å²) in [6.07, 6.45) is 1.97. The Balaban J connectivity index is 1.41. The molecule has 1 aromatic heterocycles. The summed E-state index contributed by atoms with van der Waals surface area (Å²) in [5.41, 5.74) is 3.22. The van der Waals surface area contributed by atoms with E-state index < -0.39 is 0 Å². The van der Waals surface area contributed by atoms with Crippen molar-refractivity contribution in [3.05, 3.63) is 60.8 Å². The lowest BCUT2D eigenvalue weighted by atomic mass is 10.2. The molecule has 2 aromatic carbocycles. The van der Waals surface area contributed by atoms with Gasteiger partial charge in [0.2, 0.25) is 0 Å². The van der Waals surface area contributed by atoms with Crippen LogP contribution in [0.15, 0.2) is 60.8 Å². The highest BCUT2D eigenvalue weighted by Gasteiger charge is 2.22. The summed E-state index contributed by atoms with van der Waals surface area (Å²) in [5.74, 6) is 0. The number of nitrogens with one attached hydrogen (secondary N) is 2. The third kappa shape index (κ3) is 2.80. The maximum absolute atomic E-state index is 12.4. The van der Waals surface area contributed by atoms with Crippen LogP contribution in [0, 0.1) is 0 Å². The third-order valence-corrected chi connectivity index (χ3v) is 4.50. The molecule has 2 N–H and O–H groups in total. The number of H-pyrrole nitrogens is 1. The van der Waals surface area contributed by atoms with Gasteiger partial charge >= 0.3 is 6.03 Å². The number of carbonyl (C=O) groups is 1. The number of rotatable bonds is 2. The lowest BCUT2D eigenvalue weighted by Crippen LogP contribution is -2.50. The highest BCUT2D eigenvalue weighted by Crippen LogP contribution is 2.27. The molecule has 1 saturated heterocycles. The van der Waals surface area contributed by atoms with Gasteiger partial charge in [-0.1, -0.05) is 24.3 Å². The van der Waals surface area contributed by atoms with Gasteiger partial charge in [0.15, 0.2) is 0 Å². The summed E-state index contributed by atoms with van der Waals surface area (Å²) in [7, 11) is 0. The van der Waals surface area contributed by atoms with Crippen molar-refractivity contribution in [1.29, 1.82) is 0 Å². The first kappa shape index (κ1) is 14.6. The number of urea groups is 1. The van der Waals surface area contributed by atoms with E-state index in [2.05, 4.69) is 39.5 Å². The minimum absolute atomic E-state index is 0.0271. The number of nitrogens with zero attached hydrogens (tertiary/aromatic N) is 2. The van der Waals surface area contributed by atoms with E-state index in [1.165, 1.54) is 11.1 Å². The minimum atomic E-state index is -0.0271. The Bertz CT molecular complexity index is 835. The number of anilines is 2. The molecule has 2 amide bonds. The smallest absolute Gasteiger partial charge is 0.321 e. The maximum Gasteiger partial charge on any atom is 0.321 e. The molecule has 3 aromatic rings. The summed E-state index contributed by atoms with van der Waals surface area (Å²) in [4.78, 5) is 19.9. The molecule has 5 heteroatoms. The van der Waals surface area contributed by atoms with Crippen LogP contribution in [0.4, 0.5) is 16.2 Å². The molecule has 5 nitrogen and oxygen atoms in total. The lowest BCUT2D eigenvalue weighted by Gasteiger charge is -2.36.